The Labute approximate surface area is 195 Å². The number of nitrogens with one attached hydrogen (secondary N) is 2. The second kappa shape index (κ2) is 8.29. The van der Waals surface area contributed by atoms with Crippen molar-refractivity contribution in [2.24, 2.45) is 0 Å². The minimum absolute atomic E-state index is 0.289. The molecule has 8 heteroatoms. The number of rotatable bonds is 6. The van der Waals surface area contributed by atoms with E-state index in [9.17, 15) is 9.59 Å². The molecule has 0 atom stereocenters. The zero-order chi connectivity index (χ0) is 23.0. The van der Waals surface area contributed by atoms with Crippen LogP contribution >= 0.6 is 11.3 Å². The van der Waals surface area contributed by atoms with Gasteiger partial charge in [0.05, 0.1) is 10.6 Å². The molecular formula is C25H23N5O2S. The molecule has 2 aromatic carbocycles. The molecule has 4 aromatic rings. The van der Waals surface area contributed by atoms with Crippen LogP contribution in [-0.2, 0) is 4.79 Å². The molecule has 1 fully saturated rings. The lowest BCUT2D eigenvalue weighted by atomic mass is 10.0. The largest absolute Gasteiger partial charge is 0.352 e. The van der Waals surface area contributed by atoms with E-state index >= 15 is 0 Å². The molecule has 0 unspecified atom stereocenters. The van der Waals surface area contributed by atoms with Crippen LogP contribution in [0.25, 0.3) is 31.8 Å². The van der Waals surface area contributed by atoms with Crippen LogP contribution in [0.2, 0.25) is 0 Å². The van der Waals surface area contributed by atoms with Gasteiger partial charge in [0, 0.05) is 29.5 Å². The Bertz CT molecular complexity index is 1320. The van der Waals surface area contributed by atoms with Crippen molar-refractivity contribution < 1.29 is 9.59 Å². The van der Waals surface area contributed by atoms with Crippen molar-refractivity contribution >= 4 is 39.3 Å². The lowest BCUT2D eigenvalue weighted by Gasteiger charge is -2.27. The van der Waals surface area contributed by atoms with E-state index in [0.717, 1.165) is 21.7 Å². The van der Waals surface area contributed by atoms with E-state index in [4.69, 9.17) is 4.98 Å². The molecule has 0 bridgehead atoms. The van der Waals surface area contributed by atoms with E-state index in [1.807, 2.05) is 48.7 Å². The molecule has 166 valence electrons. The second-order valence-electron chi connectivity index (χ2n) is 8.37. The third-order valence-electron chi connectivity index (χ3n) is 5.85. The molecule has 3 heterocycles. The highest BCUT2D eigenvalue weighted by Gasteiger charge is 2.45. The fourth-order valence-electron chi connectivity index (χ4n) is 3.94. The SMILES string of the molecule is CC1(C)C(=O)NC(=O)N1CCNc1ncc(-c2ccccc2)c(-c2cc3ccccc3s2)n1. The number of hydrogen-bond acceptors (Lipinski definition) is 6. The first-order valence-electron chi connectivity index (χ1n) is 10.7. The first-order valence-corrected chi connectivity index (χ1v) is 11.5. The van der Waals surface area contributed by atoms with Gasteiger partial charge in [-0.2, -0.15) is 0 Å². The molecule has 2 N–H and O–H groups in total. The van der Waals surface area contributed by atoms with E-state index in [1.165, 1.54) is 15.0 Å². The number of imide groups is 1. The first kappa shape index (κ1) is 21.1. The number of benzene rings is 2. The maximum Gasteiger partial charge on any atom is 0.325 e. The second-order valence-corrected chi connectivity index (χ2v) is 9.45. The van der Waals surface area contributed by atoms with E-state index in [2.05, 4.69) is 33.8 Å². The van der Waals surface area contributed by atoms with Crippen LogP contribution in [0.1, 0.15) is 13.8 Å². The van der Waals surface area contributed by atoms with Crippen LogP contribution in [0.5, 0.6) is 0 Å². The molecule has 2 aromatic heterocycles. The molecule has 7 nitrogen and oxygen atoms in total. The summed E-state index contributed by atoms with van der Waals surface area (Å²) in [5.74, 6) is 0.189. The average Bonchev–Trinajstić information content (AvgIpc) is 3.33. The van der Waals surface area contributed by atoms with Gasteiger partial charge in [-0.05, 0) is 36.9 Å². The number of hydrogen-bond donors (Lipinski definition) is 2. The summed E-state index contributed by atoms with van der Waals surface area (Å²) in [7, 11) is 0. The van der Waals surface area contributed by atoms with Gasteiger partial charge in [-0.3, -0.25) is 10.1 Å². The lowest BCUT2D eigenvalue weighted by Crippen LogP contribution is -2.46. The van der Waals surface area contributed by atoms with Gasteiger partial charge in [-0.25, -0.2) is 14.8 Å². The van der Waals surface area contributed by atoms with E-state index in [1.54, 1.807) is 25.2 Å². The number of fused-ring (bicyclic) bond motifs is 1. The van der Waals surface area contributed by atoms with Crippen LogP contribution < -0.4 is 10.6 Å². The highest BCUT2D eigenvalue weighted by Crippen LogP contribution is 2.37. The van der Waals surface area contributed by atoms with Crippen LogP contribution in [-0.4, -0.2) is 45.4 Å². The smallest absolute Gasteiger partial charge is 0.325 e. The van der Waals surface area contributed by atoms with Gasteiger partial charge in [0.25, 0.3) is 5.91 Å². The molecule has 1 aliphatic heterocycles. The van der Waals surface area contributed by atoms with Crippen LogP contribution in [0.15, 0.2) is 66.9 Å². The highest BCUT2D eigenvalue weighted by atomic mass is 32.1. The minimum Gasteiger partial charge on any atom is -0.352 e. The number of aromatic nitrogens is 2. The summed E-state index contributed by atoms with van der Waals surface area (Å²) < 4.78 is 1.20. The summed E-state index contributed by atoms with van der Waals surface area (Å²) in [6.45, 7) is 4.24. The Morgan fingerprint density at radius 2 is 1.82 bits per heavy atom. The highest BCUT2D eigenvalue weighted by molar-refractivity contribution is 7.22. The average molecular weight is 458 g/mol. The molecule has 33 heavy (non-hydrogen) atoms. The molecule has 0 saturated carbocycles. The van der Waals surface area contributed by atoms with Crippen molar-refractivity contribution in [3.8, 4) is 21.7 Å². The van der Waals surface area contributed by atoms with E-state index in [-0.39, 0.29) is 11.9 Å². The summed E-state index contributed by atoms with van der Waals surface area (Å²) in [5.41, 5.74) is 1.98. The van der Waals surface area contributed by atoms with Crippen molar-refractivity contribution in [1.82, 2.24) is 20.2 Å². The van der Waals surface area contributed by atoms with Crippen molar-refractivity contribution in [2.45, 2.75) is 19.4 Å². The summed E-state index contributed by atoms with van der Waals surface area (Å²) in [6.07, 6.45) is 1.83. The molecule has 0 spiro atoms. The molecule has 5 rings (SSSR count). The molecule has 0 radical (unpaired) electrons. The van der Waals surface area contributed by atoms with Crippen molar-refractivity contribution in [2.75, 3.05) is 18.4 Å². The number of nitrogens with zero attached hydrogens (tertiary/aromatic N) is 3. The van der Waals surface area contributed by atoms with Crippen molar-refractivity contribution in [3.63, 3.8) is 0 Å². The van der Waals surface area contributed by atoms with Crippen LogP contribution in [0.3, 0.4) is 0 Å². The topological polar surface area (TPSA) is 87.2 Å². The quantitative estimate of drug-likeness (QED) is 0.408. The van der Waals surface area contributed by atoms with Gasteiger partial charge in [-0.1, -0.05) is 48.5 Å². The molecule has 1 aliphatic rings. The third-order valence-corrected chi connectivity index (χ3v) is 6.97. The fourth-order valence-corrected chi connectivity index (χ4v) is 5.00. The summed E-state index contributed by atoms with van der Waals surface area (Å²) in [5, 5.41) is 6.76. The Kier molecular flexibility index (Phi) is 5.30. The molecule has 3 amide bonds. The van der Waals surface area contributed by atoms with Gasteiger partial charge < -0.3 is 10.2 Å². The molecule has 1 saturated heterocycles. The standard InChI is InChI=1S/C25H23N5O2S/c1-25(2)22(31)29-24(32)30(25)13-12-26-23-27-15-18(16-8-4-3-5-9-16)21(28-23)20-14-17-10-6-7-11-19(17)33-20/h3-11,14-15H,12-13H2,1-2H3,(H,26,27,28)(H,29,31,32). The number of urea groups is 1. The van der Waals surface area contributed by atoms with Gasteiger partial charge in [0.15, 0.2) is 0 Å². The predicted octanol–water partition coefficient (Wildman–Crippen LogP) is 4.77. The third kappa shape index (κ3) is 3.93. The number of amides is 3. The summed E-state index contributed by atoms with van der Waals surface area (Å²) in [6, 6.07) is 20.1. The van der Waals surface area contributed by atoms with E-state index < -0.39 is 5.54 Å². The van der Waals surface area contributed by atoms with Gasteiger partial charge in [-0.15, -0.1) is 11.3 Å². The Morgan fingerprint density at radius 1 is 1.06 bits per heavy atom. The predicted molar refractivity (Wildman–Crippen MR) is 131 cm³/mol. The number of carbonyl (C=O) groups excluding carboxylic acids is 2. The van der Waals surface area contributed by atoms with Crippen LogP contribution in [0, 0.1) is 0 Å². The van der Waals surface area contributed by atoms with Gasteiger partial charge >= 0.3 is 6.03 Å². The summed E-state index contributed by atoms with van der Waals surface area (Å²) >= 11 is 1.70. The molecular weight excluding hydrogens is 434 g/mol. The van der Waals surface area contributed by atoms with Crippen LogP contribution in [0.4, 0.5) is 10.7 Å². The monoisotopic (exact) mass is 457 g/mol. The minimum atomic E-state index is -0.876. The van der Waals surface area contributed by atoms with Crippen molar-refractivity contribution in [3.05, 3.63) is 66.9 Å². The number of carbonyl (C=O) groups is 2. The Hall–Kier alpha value is -3.78. The molecule has 0 aliphatic carbocycles. The van der Waals surface area contributed by atoms with Crippen molar-refractivity contribution in [1.29, 1.82) is 0 Å². The van der Waals surface area contributed by atoms with E-state index in [0.29, 0.717) is 19.0 Å². The first-order chi connectivity index (χ1) is 15.9. The Balaban J connectivity index is 1.44. The zero-order valence-electron chi connectivity index (χ0n) is 18.3. The van der Waals surface area contributed by atoms with Gasteiger partial charge in [0.1, 0.15) is 5.54 Å². The number of anilines is 1. The lowest BCUT2D eigenvalue weighted by molar-refractivity contribution is -0.125. The Morgan fingerprint density at radius 3 is 2.55 bits per heavy atom. The summed E-state index contributed by atoms with van der Waals surface area (Å²) in [4.78, 5) is 36.0. The normalized spacial score (nSPS) is 15.2. The van der Waals surface area contributed by atoms with Gasteiger partial charge in [0.2, 0.25) is 5.95 Å². The number of thiophene rings is 1. The zero-order valence-corrected chi connectivity index (χ0v) is 19.1. The maximum atomic E-state index is 12.1. The maximum absolute atomic E-state index is 12.1. The fraction of sp³-hybridized carbons (Fsp3) is 0.200.